The van der Waals surface area contributed by atoms with Crippen molar-refractivity contribution in [2.75, 3.05) is 27.2 Å². The van der Waals surface area contributed by atoms with Gasteiger partial charge >= 0.3 is 0 Å². The number of amides is 6. The molecule has 7 rings (SSSR count). The Labute approximate surface area is 425 Å². The highest BCUT2D eigenvalue weighted by atomic mass is 16.5. The smallest absolute Gasteiger partial charge is 0.246 e. The second-order valence-electron chi connectivity index (χ2n) is 22.4. The predicted octanol–water partition coefficient (Wildman–Crippen LogP) is 5.05. The van der Waals surface area contributed by atoms with Gasteiger partial charge in [-0.15, -0.1) is 0 Å². The average molecular weight is 991 g/mol. The van der Waals surface area contributed by atoms with Gasteiger partial charge in [-0.1, -0.05) is 96.1 Å². The Morgan fingerprint density at radius 2 is 0.958 bits per heavy atom. The van der Waals surface area contributed by atoms with Crippen LogP contribution in [0.2, 0.25) is 0 Å². The van der Waals surface area contributed by atoms with Gasteiger partial charge in [-0.3, -0.25) is 28.8 Å². The molecule has 2 saturated heterocycles. The van der Waals surface area contributed by atoms with Gasteiger partial charge in [0.05, 0.1) is 37.3 Å². The summed E-state index contributed by atoms with van der Waals surface area (Å²) in [6.45, 7) is 15.0. The van der Waals surface area contributed by atoms with E-state index in [9.17, 15) is 28.8 Å². The van der Waals surface area contributed by atoms with Crippen LogP contribution in [0.15, 0.2) is 72.8 Å². The quantitative estimate of drug-likeness (QED) is 0.113. The van der Waals surface area contributed by atoms with Gasteiger partial charge in [0.25, 0.3) is 0 Å². The normalized spacial score (nSPS) is 23.6. The summed E-state index contributed by atoms with van der Waals surface area (Å²) in [6, 6.07) is 18.2. The maximum Gasteiger partial charge on any atom is 0.246 e. The maximum absolute atomic E-state index is 14.8. The number of hydrogen-bond acceptors (Lipinski definition) is 10. The molecule has 6 amide bonds. The van der Waals surface area contributed by atoms with Crippen LogP contribution in [-0.2, 0) is 41.6 Å². The summed E-state index contributed by atoms with van der Waals surface area (Å²) in [7, 11) is 3.36. The Hall–Kier alpha value is -6.00. The first-order valence-corrected chi connectivity index (χ1v) is 25.9. The molecule has 72 heavy (non-hydrogen) atoms. The van der Waals surface area contributed by atoms with Crippen LogP contribution in [0.5, 0.6) is 11.5 Å². The van der Waals surface area contributed by atoms with Crippen molar-refractivity contribution in [3.63, 3.8) is 0 Å². The fourth-order valence-electron chi connectivity index (χ4n) is 10.5. The minimum atomic E-state index is -0.934. The van der Waals surface area contributed by atoms with Crippen LogP contribution in [0.3, 0.4) is 0 Å². The summed E-state index contributed by atoms with van der Waals surface area (Å²) in [5, 5.41) is 18.4. The molecule has 2 aliphatic carbocycles. The third kappa shape index (κ3) is 12.6. The van der Waals surface area contributed by atoms with E-state index in [1.54, 1.807) is 62.0 Å². The molecule has 0 spiro atoms. The Bertz CT molecular complexity index is 2290. The molecule has 0 saturated carbocycles. The number of nitrogens with one attached hydrogen (secondary N) is 6. The Morgan fingerprint density at radius 1 is 0.569 bits per heavy atom. The lowest BCUT2D eigenvalue weighted by molar-refractivity contribution is -0.144. The van der Waals surface area contributed by atoms with Gasteiger partial charge in [0.1, 0.15) is 47.9 Å². The number of ether oxygens (including phenoxy) is 2. The summed E-state index contributed by atoms with van der Waals surface area (Å²) in [5.74, 6) is -1.08. The van der Waals surface area contributed by atoms with E-state index in [0.717, 1.165) is 49.7 Å². The molecule has 10 atom stereocenters. The van der Waals surface area contributed by atoms with E-state index >= 15 is 0 Å². The molecule has 3 aromatic rings. The number of likely N-dealkylation sites (N-methyl/N-ethyl adjacent to an activating group) is 2. The first-order valence-electron chi connectivity index (χ1n) is 25.9. The Morgan fingerprint density at radius 3 is 1.33 bits per heavy atom. The van der Waals surface area contributed by atoms with Crippen molar-refractivity contribution in [2.45, 2.75) is 167 Å². The number of benzene rings is 3. The summed E-state index contributed by atoms with van der Waals surface area (Å²) in [4.78, 5) is 88.1. The van der Waals surface area contributed by atoms with Crippen LogP contribution in [-0.4, -0.2) is 121 Å². The van der Waals surface area contributed by atoms with E-state index in [2.05, 4.69) is 44.0 Å². The standard InChI is InChI=1S/C56H78N8O8/c1-33(57-9)49(65)61-47(55(3,4)5)53(69)63-31-39(29-45(63)51(67)59-43-26-15-20-35-18-11-13-24-41(35)43)71-37-22-17-23-38(28-37)72-40-30-46(52(68)60-44-27-16-21-36-19-12-14-25-42(36)44)64(32-40)54(70)48(56(6,7)8)62-50(66)34(2)58-10/h11-14,17-19,22-25,28,33-34,39-40,43-48,57-58H,15-16,20-21,26-27,29-32H2,1-10H3,(H,59,67)(H,60,68)(H,61,65)(H,62,66). The molecule has 0 aromatic heterocycles. The number of likely N-dealkylation sites (tertiary alicyclic amines) is 2. The average Bonchev–Trinajstić information content (AvgIpc) is 3.98. The zero-order chi connectivity index (χ0) is 52.1. The van der Waals surface area contributed by atoms with Crippen molar-refractivity contribution < 1.29 is 38.2 Å². The topological polar surface area (TPSA) is 200 Å². The molecule has 4 aliphatic rings. The van der Waals surface area contributed by atoms with E-state index in [-0.39, 0.29) is 73.5 Å². The molecule has 6 N–H and O–H groups in total. The first kappa shape index (κ1) is 53.8. The van der Waals surface area contributed by atoms with Crippen LogP contribution in [0.25, 0.3) is 0 Å². The molecular weight excluding hydrogens is 913 g/mol. The number of carbonyl (C=O) groups excluding carboxylic acids is 6. The highest BCUT2D eigenvalue weighted by molar-refractivity contribution is 5.95. The molecule has 16 heteroatoms. The summed E-state index contributed by atoms with van der Waals surface area (Å²) in [5.41, 5.74) is 3.17. The van der Waals surface area contributed by atoms with Crippen LogP contribution >= 0.6 is 0 Å². The number of rotatable bonds is 16. The van der Waals surface area contributed by atoms with E-state index < -0.39 is 59.3 Å². The molecule has 3 aromatic carbocycles. The monoisotopic (exact) mass is 991 g/mol. The molecule has 390 valence electrons. The molecule has 2 heterocycles. The second-order valence-corrected chi connectivity index (χ2v) is 22.4. The second kappa shape index (κ2) is 22.8. The lowest BCUT2D eigenvalue weighted by atomic mass is 9.85. The lowest BCUT2D eigenvalue weighted by Crippen LogP contribution is -2.59. The van der Waals surface area contributed by atoms with Crippen molar-refractivity contribution in [1.82, 2.24) is 41.7 Å². The van der Waals surface area contributed by atoms with Gasteiger partial charge in [-0.25, -0.2) is 0 Å². The van der Waals surface area contributed by atoms with E-state index in [1.165, 1.54) is 11.1 Å². The third-order valence-electron chi connectivity index (χ3n) is 14.9. The minimum Gasteiger partial charge on any atom is -0.488 e. The number of carbonyl (C=O) groups is 6. The molecule has 0 radical (unpaired) electrons. The summed E-state index contributed by atoms with van der Waals surface area (Å²) in [6.07, 6.45) is 4.47. The fourth-order valence-corrected chi connectivity index (χ4v) is 10.5. The van der Waals surface area contributed by atoms with Crippen LogP contribution in [0.4, 0.5) is 0 Å². The first-order chi connectivity index (χ1) is 34.2. The van der Waals surface area contributed by atoms with Crippen LogP contribution in [0, 0.1) is 10.8 Å². The Kier molecular flexibility index (Phi) is 17.1. The van der Waals surface area contributed by atoms with E-state index in [4.69, 9.17) is 9.47 Å². The summed E-state index contributed by atoms with van der Waals surface area (Å²) < 4.78 is 13.3. The zero-order valence-electron chi connectivity index (χ0n) is 43.9. The number of aryl methyl sites for hydroxylation is 2. The van der Waals surface area contributed by atoms with Gasteiger partial charge in [0.15, 0.2) is 0 Å². The predicted molar refractivity (Wildman–Crippen MR) is 276 cm³/mol. The molecule has 16 nitrogen and oxygen atoms in total. The number of hydrogen-bond donors (Lipinski definition) is 6. The number of nitrogens with zero attached hydrogens (tertiary/aromatic N) is 2. The van der Waals surface area contributed by atoms with E-state index in [0.29, 0.717) is 11.5 Å². The van der Waals surface area contributed by atoms with Crippen molar-refractivity contribution in [2.24, 2.45) is 10.8 Å². The van der Waals surface area contributed by atoms with Crippen molar-refractivity contribution >= 4 is 35.4 Å². The van der Waals surface area contributed by atoms with Crippen LogP contribution in [0.1, 0.15) is 128 Å². The molecule has 10 unspecified atom stereocenters. The van der Waals surface area contributed by atoms with Gasteiger partial charge in [-0.05, 0) is 112 Å². The van der Waals surface area contributed by atoms with Crippen molar-refractivity contribution in [1.29, 1.82) is 0 Å². The highest BCUT2D eigenvalue weighted by Crippen LogP contribution is 2.35. The van der Waals surface area contributed by atoms with Crippen molar-refractivity contribution in [3.05, 3.63) is 95.1 Å². The van der Waals surface area contributed by atoms with E-state index in [1.807, 2.05) is 77.9 Å². The van der Waals surface area contributed by atoms with Gasteiger partial charge < -0.3 is 51.2 Å². The molecule has 2 fully saturated rings. The largest absolute Gasteiger partial charge is 0.488 e. The molecule has 2 aliphatic heterocycles. The van der Waals surface area contributed by atoms with Crippen molar-refractivity contribution in [3.8, 4) is 11.5 Å². The zero-order valence-corrected chi connectivity index (χ0v) is 43.9. The maximum atomic E-state index is 14.8. The summed E-state index contributed by atoms with van der Waals surface area (Å²) >= 11 is 0. The Balaban J connectivity index is 1.11. The lowest BCUT2D eigenvalue weighted by Gasteiger charge is -2.36. The highest BCUT2D eigenvalue weighted by Gasteiger charge is 2.48. The van der Waals surface area contributed by atoms with Gasteiger partial charge in [0, 0.05) is 18.9 Å². The van der Waals surface area contributed by atoms with Gasteiger partial charge in [0.2, 0.25) is 35.4 Å². The van der Waals surface area contributed by atoms with Gasteiger partial charge in [-0.2, -0.15) is 0 Å². The van der Waals surface area contributed by atoms with Crippen LogP contribution < -0.4 is 41.4 Å². The third-order valence-corrected chi connectivity index (χ3v) is 14.9. The fraction of sp³-hybridized carbons (Fsp3) is 0.571. The molecular formula is C56H78N8O8. The SMILES string of the molecule is CNC(C)C(=O)NC(C(=O)N1CC(Oc2cccc(OC3CC(C(=O)NC4CCCc5ccccc54)N(C(=O)C(NC(=O)C(C)NC)C(C)(C)C)C3)c2)CC1C(=O)NC1CCCc2ccccc21)C(C)(C)C. The molecule has 0 bridgehead atoms. The minimum absolute atomic E-state index is 0.0911. The number of fused-ring (bicyclic) bond motifs is 2.